The predicted molar refractivity (Wildman–Crippen MR) is 165 cm³/mol. The number of nitrogens with zero attached hydrogens (tertiary/aromatic N) is 3. The number of urea groups is 1. The first-order valence-corrected chi connectivity index (χ1v) is 16.3. The zero-order chi connectivity index (χ0) is 30.3. The van der Waals surface area contributed by atoms with E-state index in [9.17, 15) is 18.4 Å². The van der Waals surface area contributed by atoms with Gasteiger partial charge in [0, 0.05) is 50.9 Å². The SMILES string of the molecule is CCCCN(C(=O)Nc1c(C)cc[n+]([O-])c1C)C1CCN(Cc2ccc(Oc3ccc(NS(C)(=O)=O)cc3)cc2)CC1. The number of unbranched alkanes of at least 4 members (excludes halogenated alkanes) is 1. The van der Waals surface area contributed by atoms with Crippen molar-refractivity contribution in [2.24, 2.45) is 0 Å². The summed E-state index contributed by atoms with van der Waals surface area (Å²) in [5.74, 6) is 1.32. The molecule has 0 saturated carbocycles. The van der Waals surface area contributed by atoms with Crippen molar-refractivity contribution in [2.75, 3.05) is 35.9 Å². The minimum atomic E-state index is -3.32. The second-order valence-corrected chi connectivity index (χ2v) is 12.7. The van der Waals surface area contributed by atoms with Crippen LogP contribution in [-0.2, 0) is 16.6 Å². The summed E-state index contributed by atoms with van der Waals surface area (Å²) in [6, 6.07) is 16.4. The Balaban J connectivity index is 1.30. The Bertz CT molecular complexity index is 1450. The van der Waals surface area contributed by atoms with Crippen LogP contribution < -0.4 is 19.5 Å². The van der Waals surface area contributed by atoms with Crippen LogP contribution in [0.25, 0.3) is 0 Å². The van der Waals surface area contributed by atoms with Gasteiger partial charge >= 0.3 is 6.03 Å². The fraction of sp³-hybridized carbons (Fsp3) is 0.419. The number of anilines is 2. The third-order valence-corrected chi connectivity index (χ3v) is 8.12. The number of carbonyl (C=O) groups is 1. The van der Waals surface area contributed by atoms with Crippen molar-refractivity contribution >= 4 is 27.4 Å². The van der Waals surface area contributed by atoms with E-state index in [1.807, 2.05) is 24.0 Å². The first-order valence-electron chi connectivity index (χ1n) is 14.4. The maximum atomic E-state index is 13.4. The van der Waals surface area contributed by atoms with E-state index in [-0.39, 0.29) is 12.1 Å². The molecule has 10 nitrogen and oxygen atoms in total. The average Bonchev–Trinajstić information content (AvgIpc) is 2.95. The molecule has 226 valence electrons. The van der Waals surface area contributed by atoms with Crippen LogP contribution >= 0.6 is 0 Å². The van der Waals surface area contributed by atoms with Gasteiger partial charge in [0.25, 0.3) is 0 Å². The maximum Gasteiger partial charge on any atom is 0.322 e. The molecule has 0 radical (unpaired) electrons. The summed E-state index contributed by atoms with van der Waals surface area (Å²) in [5.41, 5.74) is 3.61. The third-order valence-electron chi connectivity index (χ3n) is 7.51. The molecular weight excluding hydrogens is 554 g/mol. The molecule has 2 aromatic carbocycles. The van der Waals surface area contributed by atoms with E-state index in [0.717, 1.165) is 61.9 Å². The van der Waals surface area contributed by atoms with Crippen LogP contribution in [0.4, 0.5) is 16.2 Å². The first kappa shape index (κ1) is 31.1. The number of nitrogens with one attached hydrogen (secondary N) is 2. The largest absolute Gasteiger partial charge is 0.618 e. The first-order chi connectivity index (χ1) is 20.0. The smallest absolute Gasteiger partial charge is 0.322 e. The van der Waals surface area contributed by atoms with Crippen molar-refractivity contribution in [3.63, 3.8) is 0 Å². The molecule has 4 rings (SSSR count). The molecule has 3 aromatic rings. The van der Waals surface area contributed by atoms with Gasteiger partial charge in [0.2, 0.25) is 15.7 Å². The Labute approximate surface area is 248 Å². The topological polar surface area (TPSA) is 118 Å². The molecule has 1 aromatic heterocycles. The number of aromatic nitrogens is 1. The van der Waals surface area contributed by atoms with Crippen molar-refractivity contribution in [2.45, 2.75) is 59.0 Å². The average molecular weight is 596 g/mol. The summed E-state index contributed by atoms with van der Waals surface area (Å²) >= 11 is 0. The van der Waals surface area contributed by atoms with Crippen molar-refractivity contribution in [1.29, 1.82) is 0 Å². The number of aryl methyl sites for hydroxylation is 1. The van der Waals surface area contributed by atoms with Gasteiger partial charge < -0.3 is 20.2 Å². The monoisotopic (exact) mass is 595 g/mol. The van der Waals surface area contributed by atoms with E-state index in [2.05, 4.69) is 34.0 Å². The van der Waals surface area contributed by atoms with Crippen LogP contribution in [-0.4, -0.2) is 56.2 Å². The quantitative estimate of drug-likeness (QED) is 0.226. The number of carbonyl (C=O) groups excluding carboxylic acids is 1. The second-order valence-electron chi connectivity index (χ2n) is 10.9. The lowest BCUT2D eigenvalue weighted by molar-refractivity contribution is -0.611. The number of sulfonamides is 1. The standard InChI is InChI=1S/C31H41N5O5S/c1-5-6-18-35(31(37)32-30-23(2)15-21-36(38)24(30)3)27-16-19-34(20-17-27)22-25-7-11-28(12-8-25)41-29-13-9-26(10-14-29)33-42(4,39)40/h7-15,21,27,33H,5-6,16-20,22H2,1-4H3,(H,32,37). The minimum absolute atomic E-state index is 0.142. The van der Waals surface area contributed by atoms with E-state index in [1.54, 1.807) is 37.3 Å². The summed E-state index contributed by atoms with van der Waals surface area (Å²) in [6.07, 6.45) is 6.28. The number of ether oxygens (including phenoxy) is 1. The lowest BCUT2D eigenvalue weighted by atomic mass is 10.0. The Hall–Kier alpha value is -3.83. The molecule has 42 heavy (non-hydrogen) atoms. The van der Waals surface area contributed by atoms with Crippen molar-refractivity contribution in [1.82, 2.24) is 9.80 Å². The molecular formula is C31H41N5O5S. The van der Waals surface area contributed by atoms with Gasteiger partial charge in [0.1, 0.15) is 17.2 Å². The molecule has 0 unspecified atom stereocenters. The van der Waals surface area contributed by atoms with Crippen LogP contribution in [0.3, 0.4) is 0 Å². The van der Waals surface area contributed by atoms with Crippen LogP contribution in [0, 0.1) is 19.1 Å². The van der Waals surface area contributed by atoms with Crippen molar-refractivity contribution in [3.05, 3.63) is 82.8 Å². The van der Waals surface area contributed by atoms with Gasteiger partial charge in [-0.3, -0.25) is 9.62 Å². The second kappa shape index (κ2) is 13.9. The van der Waals surface area contributed by atoms with Gasteiger partial charge in [-0.1, -0.05) is 25.5 Å². The number of hydrogen-bond acceptors (Lipinski definition) is 6. The third kappa shape index (κ3) is 8.59. The molecule has 0 aliphatic carbocycles. The van der Waals surface area contributed by atoms with E-state index in [4.69, 9.17) is 4.74 Å². The zero-order valence-corrected chi connectivity index (χ0v) is 25.6. The molecule has 0 bridgehead atoms. The normalized spacial score (nSPS) is 14.4. The molecule has 1 saturated heterocycles. The zero-order valence-electron chi connectivity index (χ0n) is 24.8. The molecule has 0 atom stereocenters. The molecule has 2 amide bonds. The van der Waals surface area contributed by atoms with Crippen molar-refractivity contribution < 1.29 is 22.7 Å². The molecule has 2 heterocycles. The molecule has 11 heteroatoms. The Morgan fingerprint density at radius 3 is 2.26 bits per heavy atom. The highest BCUT2D eigenvalue weighted by Gasteiger charge is 2.29. The summed E-state index contributed by atoms with van der Waals surface area (Å²) in [5, 5.41) is 15.1. The van der Waals surface area contributed by atoms with Gasteiger partial charge in [-0.15, -0.1) is 0 Å². The van der Waals surface area contributed by atoms with E-state index >= 15 is 0 Å². The lowest BCUT2D eigenvalue weighted by Gasteiger charge is -2.38. The van der Waals surface area contributed by atoms with E-state index < -0.39 is 10.0 Å². The Morgan fingerprint density at radius 2 is 1.67 bits per heavy atom. The lowest BCUT2D eigenvalue weighted by Crippen LogP contribution is -2.49. The van der Waals surface area contributed by atoms with Gasteiger partial charge in [-0.25, -0.2) is 13.2 Å². The van der Waals surface area contributed by atoms with E-state index in [1.165, 1.54) is 11.8 Å². The summed E-state index contributed by atoms with van der Waals surface area (Å²) < 4.78 is 31.9. The molecule has 2 N–H and O–H groups in total. The van der Waals surface area contributed by atoms with Crippen LogP contribution in [0.5, 0.6) is 11.5 Å². The van der Waals surface area contributed by atoms with Crippen LogP contribution in [0.2, 0.25) is 0 Å². The van der Waals surface area contributed by atoms with Gasteiger partial charge in [0.05, 0.1) is 6.26 Å². The highest BCUT2D eigenvalue weighted by molar-refractivity contribution is 7.92. The number of rotatable bonds is 11. The number of hydrogen-bond donors (Lipinski definition) is 2. The van der Waals surface area contributed by atoms with Gasteiger partial charge in [-0.2, -0.15) is 4.73 Å². The van der Waals surface area contributed by atoms with Crippen LogP contribution in [0.15, 0.2) is 60.8 Å². The fourth-order valence-corrected chi connectivity index (χ4v) is 5.73. The molecule has 1 aliphatic rings. The summed E-state index contributed by atoms with van der Waals surface area (Å²) in [4.78, 5) is 17.8. The highest BCUT2D eigenvalue weighted by Crippen LogP contribution is 2.26. The molecule has 0 spiro atoms. The minimum Gasteiger partial charge on any atom is -0.618 e. The fourth-order valence-electron chi connectivity index (χ4n) is 5.17. The summed E-state index contributed by atoms with van der Waals surface area (Å²) in [6.45, 7) is 9.01. The highest BCUT2D eigenvalue weighted by atomic mass is 32.2. The number of pyridine rings is 1. The summed E-state index contributed by atoms with van der Waals surface area (Å²) in [7, 11) is -3.32. The number of benzene rings is 2. The molecule has 1 aliphatic heterocycles. The number of piperidine rings is 1. The Morgan fingerprint density at radius 1 is 1.05 bits per heavy atom. The molecule has 1 fully saturated rings. The van der Waals surface area contributed by atoms with Gasteiger partial charge in [0.15, 0.2) is 6.20 Å². The maximum absolute atomic E-state index is 13.4. The van der Waals surface area contributed by atoms with Crippen molar-refractivity contribution in [3.8, 4) is 11.5 Å². The van der Waals surface area contributed by atoms with Gasteiger partial charge in [-0.05, 0) is 73.7 Å². The Kier molecular flexibility index (Phi) is 10.3. The van der Waals surface area contributed by atoms with E-state index in [0.29, 0.717) is 35.1 Å². The van der Waals surface area contributed by atoms with Crippen LogP contribution in [0.1, 0.15) is 49.4 Å². The predicted octanol–water partition coefficient (Wildman–Crippen LogP) is 5.40. The number of likely N-dealkylation sites (tertiary alicyclic amines) is 1. The number of amides is 2.